The van der Waals surface area contributed by atoms with Crippen LogP contribution in [0, 0.1) is 0 Å². The van der Waals surface area contributed by atoms with E-state index in [0.717, 1.165) is 6.26 Å². The molecule has 0 aliphatic rings. The van der Waals surface area contributed by atoms with E-state index in [9.17, 15) is 18.0 Å². The molecule has 9 heteroatoms. The summed E-state index contributed by atoms with van der Waals surface area (Å²) in [4.78, 5) is 21.8. The first-order chi connectivity index (χ1) is 7.93. The van der Waals surface area contributed by atoms with Crippen molar-refractivity contribution in [1.29, 1.82) is 0 Å². The van der Waals surface area contributed by atoms with Crippen LogP contribution in [0.1, 0.15) is 20.8 Å². The van der Waals surface area contributed by atoms with Gasteiger partial charge in [-0.1, -0.05) is 0 Å². The van der Waals surface area contributed by atoms with E-state index in [2.05, 4.69) is 15.4 Å². The molecule has 0 fully saturated rings. The van der Waals surface area contributed by atoms with Crippen molar-refractivity contribution in [1.82, 2.24) is 15.4 Å². The number of sulfonamides is 1. The molecule has 0 rings (SSSR count). The lowest BCUT2D eigenvalue weighted by atomic mass is 10.1. The lowest BCUT2D eigenvalue weighted by Crippen LogP contribution is -2.54. The van der Waals surface area contributed by atoms with E-state index >= 15 is 0 Å². The van der Waals surface area contributed by atoms with Crippen molar-refractivity contribution < 1.29 is 23.1 Å². The summed E-state index contributed by atoms with van der Waals surface area (Å²) in [5, 5.41) is 13.2. The highest BCUT2D eigenvalue weighted by Gasteiger charge is 2.23. The van der Waals surface area contributed by atoms with Crippen molar-refractivity contribution in [2.24, 2.45) is 0 Å². The van der Waals surface area contributed by atoms with Gasteiger partial charge in [0.1, 0.15) is 6.04 Å². The van der Waals surface area contributed by atoms with Gasteiger partial charge in [-0.3, -0.25) is 4.79 Å². The van der Waals surface area contributed by atoms with Crippen LogP contribution in [0.4, 0.5) is 4.79 Å². The Balaban J connectivity index is 4.24. The largest absolute Gasteiger partial charge is 0.480 e. The van der Waals surface area contributed by atoms with Crippen LogP contribution < -0.4 is 15.4 Å². The Kier molecular flexibility index (Phi) is 5.55. The van der Waals surface area contributed by atoms with Gasteiger partial charge >= 0.3 is 12.0 Å². The molecule has 8 nitrogen and oxygen atoms in total. The minimum absolute atomic E-state index is 0.0260. The van der Waals surface area contributed by atoms with Crippen molar-refractivity contribution in [3.05, 3.63) is 0 Å². The molecule has 0 radical (unpaired) electrons. The maximum Gasteiger partial charge on any atom is 0.325 e. The van der Waals surface area contributed by atoms with Crippen molar-refractivity contribution in [3.63, 3.8) is 0 Å². The van der Waals surface area contributed by atoms with Crippen molar-refractivity contribution in [3.8, 4) is 0 Å². The van der Waals surface area contributed by atoms with Crippen LogP contribution in [0.15, 0.2) is 0 Å². The molecule has 106 valence electrons. The summed E-state index contributed by atoms with van der Waals surface area (Å²) in [5.41, 5.74) is -0.864. The Morgan fingerprint density at radius 2 is 1.83 bits per heavy atom. The lowest BCUT2D eigenvalue weighted by molar-refractivity contribution is -0.138. The maximum atomic E-state index is 11.3. The van der Waals surface area contributed by atoms with Crippen LogP contribution in [-0.2, 0) is 14.8 Å². The fraction of sp³-hybridized carbons (Fsp3) is 0.778. The zero-order valence-corrected chi connectivity index (χ0v) is 11.6. The fourth-order valence-corrected chi connectivity index (χ4v) is 2.22. The molecule has 18 heavy (non-hydrogen) atoms. The van der Waals surface area contributed by atoms with E-state index in [1.54, 1.807) is 13.8 Å². The molecule has 0 heterocycles. The second kappa shape index (κ2) is 6.01. The molecule has 4 N–H and O–H groups in total. The highest BCUT2D eigenvalue weighted by Crippen LogP contribution is 2.01. The molecule has 0 bridgehead atoms. The summed E-state index contributed by atoms with van der Waals surface area (Å²) >= 11 is 0. The van der Waals surface area contributed by atoms with Gasteiger partial charge in [-0.25, -0.2) is 17.9 Å². The fourth-order valence-electron chi connectivity index (χ4n) is 1.15. The van der Waals surface area contributed by atoms with E-state index in [-0.39, 0.29) is 6.54 Å². The SMILES string of the molecule is CC(NC(=O)NCC(C)(C)NS(C)(=O)=O)C(=O)O. The highest BCUT2D eigenvalue weighted by atomic mass is 32.2. The number of hydrogen-bond donors (Lipinski definition) is 4. The third-order valence-corrected chi connectivity index (χ3v) is 2.79. The molecule has 0 aliphatic carbocycles. The summed E-state index contributed by atoms with van der Waals surface area (Å²) in [7, 11) is -3.38. The molecule has 0 aliphatic heterocycles. The Labute approximate surface area is 106 Å². The number of rotatable bonds is 6. The van der Waals surface area contributed by atoms with Gasteiger partial charge in [-0.15, -0.1) is 0 Å². The first-order valence-corrected chi connectivity index (χ1v) is 7.08. The number of aliphatic carboxylic acids is 1. The maximum absolute atomic E-state index is 11.3. The summed E-state index contributed by atoms with van der Waals surface area (Å²) in [5.74, 6) is -1.15. The quantitative estimate of drug-likeness (QED) is 0.501. The number of nitrogens with one attached hydrogen (secondary N) is 3. The van der Waals surface area contributed by atoms with Crippen LogP contribution in [0.5, 0.6) is 0 Å². The summed E-state index contributed by atoms with van der Waals surface area (Å²) in [6.07, 6.45) is 1.02. The molecule has 0 aromatic carbocycles. The molecule has 0 aromatic heterocycles. The molecule has 0 spiro atoms. The van der Waals surface area contributed by atoms with Crippen LogP contribution in [0.25, 0.3) is 0 Å². The monoisotopic (exact) mass is 281 g/mol. The Morgan fingerprint density at radius 1 is 1.33 bits per heavy atom. The lowest BCUT2D eigenvalue weighted by Gasteiger charge is -2.25. The van der Waals surface area contributed by atoms with E-state index in [4.69, 9.17) is 5.11 Å². The van der Waals surface area contributed by atoms with Gasteiger partial charge < -0.3 is 15.7 Å². The number of hydrogen-bond acceptors (Lipinski definition) is 4. The van der Waals surface area contributed by atoms with E-state index in [0.29, 0.717) is 0 Å². The minimum Gasteiger partial charge on any atom is -0.480 e. The average molecular weight is 281 g/mol. The van der Waals surface area contributed by atoms with Gasteiger partial charge in [0.15, 0.2) is 0 Å². The second-order valence-corrected chi connectivity index (χ2v) is 6.39. The van der Waals surface area contributed by atoms with Crippen molar-refractivity contribution in [2.75, 3.05) is 12.8 Å². The minimum atomic E-state index is -3.38. The van der Waals surface area contributed by atoms with E-state index in [1.807, 2.05) is 0 Å². The standard InChI is InChI=1S/C9H19N3O5S/c1-6(7(13)14)11-8(15)10-5-9(2,3)12-18(4,16)17/h6,12H,5H2,1-4H3,(H,13,14)(H2,10,11,15). The summed E-state index contributed by atoms with van der Waals surface area (Å²) in [6, 6.07) is -1.69. The summed E-state index contributed by atoms with van der Waals surface area (Å²) in [6.45, 7) is 4.53. The van der Waals surface area contributed by atoms with Gasteiger partial charge in [0.25, 0.3) is 0 Å². The normalized spacial score (nSPS) is 13.8. The molecule has 0 aromatic rings. The predicted molar refractivity (Wildman–Crippen MR) is 65.7 cm³/mol. The Hall–Kier alpha value is -1.35. The highest BCUT2D eigenvalue weighted by molar-refractivity contribution is 7.88. The predicted octanol–water partition coefficient (Wildman–Crippen LogP) is -0.913. The number of urea groups is 1. The van der Waals surface area contributed by atoms with Gasteiger partial charge in [0.2, 0.25) is 10.0 Å². The van der Waals surface area contributed by atoms with E-state index in [1.165, 1.54) is 6.92 Å². The number of carboxylic acids is 1. The zero-order valence-electron chi connectivity index (χ0n) is 10.8. The third-order valence-electron chi connectivity index (χ3n) is 1.87. The first kappa shape index (κ1) is 16.6. The van der Waals surface area contributed by atoms with Gasteiger partial charge in [-0.2, -0.15) is 0 Å². The Morgan fingerprint density at radius 3 is 2.22 bits per heavy atom. The third kappa shape index (κ3) is 7.85. The average Bonchev–Trinajstić information content (AvgIpc) is 2.11. The van der Waals surface area contributed by atoms with Crippen LogP contribution in [0.3, 0.4) is 0 Å². The van der Waals surface area contributed by atoms with Gasteiger partial charge in [0, 0.05) is 12.1 Å². The van der Waals surface area contributed by atoms with Crippen molar-refractivity contribution in [2.45, 2.75) is 32.4 Å². The molecule has 0 saturated heterocycles. The van der Waals surface area contributed by atoms with Crippen LogP contribution in [-0.4, -0.2) is 49.9 Å². The van der Waals surface area contributed by atoms with Crippen LogP contribution >= 0.6 is 0 Å². The van der Waals surface area contributed by atoms with E-state index < -0.39 is 33.6 Å². The number of carbonyl (C=O) groups is 2. The molecule has 0 saturated carbocycles. The smallest absolute Gasteiger partial charge is 0.325 e. The number of amides is 2. The molecular formula is C9H19N3O5S. The van der Waals surface area contributed by atoms with Gasteiger partial charge in [-0.05, 0) is 20.8 Å². The first-order valence-electron chi connectivity index (χ1n) is 5.19. The number of carbonyl (C=O) groups excluding carboxylic acids is 1. The Bertz CT molecular complexity index is 418. The molecule has 1 atom stereocenters. The number of carboxylic acid groups (broad SMARTS) is 1. The van der Waals surface area contributed by atoms with Crippen LogP contribution in [0.2, 0.25) is 0 Å². The second-order valence-electron chi connectivity index (χ2n) is 4.65. The molecule has 2 amide bonds. The molecule has 1 unspecified atom stereocenters. The summed E-state index contributed by atoms with van der Waals surface area (Å²) < 4.78 is 24.4. The topological polar surface area (TPSA) is 125 Å². The zero-order chi connectivity index (χ0) is 14.6. The molecular weight excluding hydrogens is 262 g/mol. The van der Waals surface area contributed by atoms with Crippen molar-refractivity contribution >= 4 is 22.0 Å². The van der Waals surface area contributed by atoms with Gasteiger partial charge in [0.05, 0.1) is 6.26 Å².